The predicted octanol–water partition coefficient (Wildman–Crippen LogP) is 1.85. The zero-order chi connectivity index (χ0) is 20.4. The number of piperazine rings is 1. The van der Waals surface area contributed by atoms with Crippen molar-refractivity contribution in [3.05, 3.63) is 53.1 Å². The number of hydrogen-bond acceptors (Lipinski definition) is 4. The Morgan fingerprint density at radius 2 is 1.79 bits per heavy atom. The van der Waals surface area contributed by atoms with Crippen molar-refractivity contribution < 1.29 is 14.0 Å². The molecule has 1 aromatic carbocycles. The lowest BCUT2D eigenvalue weighted by Gasteiger charge is -2.33. The lowest BCUT2D eigenvalue weighted by molar-refractivity contribution is 0.0636. The van der Waals surface area contributed by atoms with Crippen molar-refractivity contribution >= 4 is 11.8 Å². The summed E-state index contributed by atoms with van der Waals surface area (Å²) in [6, 6.07) is 7.80. The van der Waals surface area contributed by atoms with Crippen LogP contribution < -0.4 is 0 Å². The van der Waals surface area contributed by atoms with E-state index < -0.39 is 0 Å². The molecular formula is C21H26FN5O2. The molecule has 0 bridgehead atoms. The Labute approximate surface area is 169 Å². The third-order valence-electron chi connectivity index (χ3n) is 5.70. The number of halogens is 1. The number of nitrogens with zero attached hydrogens (tertiary/aromatic N) is 5. The van der Waals surface area contributed by atoms with Gasteiger partial charge in [-0.1, -0.05) is 19.1 Å². The van der Waals surface area contributed by atoms with Crippen molar-refractivity contribution in [2.75, 3.05) is 39.3 Å². The maximum absolute atomic E-state index is 13.1. The summed E-state index contributed by atoms with van der Waals surface area (Å²) < 4.78 is 14.8. The van der Waals surface area contributed by atoms with Crippen molar-refractivity contribution in [1.29, 1.82) is 0 Å². The fourth-order valence-corrected chi connectivity index (χ4v) is 3.93. The number of carbonyl (C=O) groups excluding carboxylic acids is 2. The molecule has 0 radical (unpaired) electrons. The number of likely N-dealkylation sites (N-methyl/N-ethyl adjacent to an activating group) is 1. The SMILES string of the molecule is CCN1CCN(C(=O)c2cc3n(n2)CCCN(Cc2ccc(F)cc2)C3=O)CC1. The summed E-state index contributed by atoms with van der Waals surface area (Å²) in [6.45, 7) is 7.79. The molecule has 154 valence electrons. The number of aryl methyl sites for hydroxylation is 1. The summed E-state index contributed by atoms with van der Waals surface area (Å²) in [6.07, 6.45) is 0.754. The highest BCUT2D eigenvalue weighted by Gasteiger charge is 2.29. The molecule has 7 nitrogen and oxygen atoms in total. The van der Waals surface area contributed by atoms with Crippen molar-refractivity contribution in [2.45, 2.75) is 26.4 Å². The maximum Gasteiger partial charge on any atom is 0.274 e. The van der Waals surface area contributed by atoms with E-state index in [1.807, 2.05) is 4.90 Å². The highest BCUT2D eigenvalue weighted by molar-refractivity contribution is 5.98. The Morgan fingerprint density at radius 1 is 1.07 bits per heavy atom. The first-order valence-electron chi connectivity index (χ1n) is 10.2. The number of amides is 2. The molecule has 1 fully saturated rings. The Morgan fingerprint density at radius 3 is 2.48 bits per heavy atom. The van der Waals surface area contributed by atoms with Gasteiger partial charge in [-0.25, -0.2) is 4.39 Å². The number of rotatable bonds is 4. The van der Waals surface area contributed by atoms with E-state index in [1.54, 1.807) is 27.8 Å². The zero-order valence-electron chi connectivity index (χ0n) is 16.7. The number of carbonyl (C=O) groups is 2. The summed E-state index contributed by atoms with van der Waals surface area (Å²) in [4.78, 5) is 31.8. The second-order valence-corrected chi connectivity index (χ2v) is 7.57. The fraction of sp³-hybridized carbons (Fsp3) is 0.476. The van der Waals surface area contributed by atoms with Gasteiger partial charge in [-0.2, -0.15) is 5.10 Å². The van der Waals surface area contributed by atoms with Gasteiger partial charge in [-0.05, 0) is 30.7 Å². The van der Waals surface area contributed by atoms with Crippen molar-refractivity contribution in [3.63, 3.8) is 0 Å². The third-order valence-corrected chi connectivity index (χ3v) is 5.70. The quantitative estimate of drug-likeness (QED) is 0.787. The summed E-state index contributed by atoms with van der Waals surface area (Å²) in [7, 11) is 0. The van der Waals surface area contributed by atoms with Crippen LogP contribution in [0.1, 0.15) is 39.9 Å². The van der Waals surface area contributed by atoms with Gasteiger partial charge in [0.05, 0.1) is 0 Å². The minimum absolute atomic E-state index is 0.112. The van der Waals surface area contributed by atoms with Crippen molar-refractivity contribution in [2.24, 2.45) is 0 Å². The summed E-state index contributed by atoms with van der Waals surface area (Å²) in [5.41, 5.74) is 1.65. The molecule has 2 aliphatic rings. The highest BCUT2D eigenvalue weighted by atomic mass is 19.1. The van der Waals surface area contributed by atoms with Gasteiger partial charge < -0.3 is 14.7 Å². The van der Waals surface area contributed by atoms with Gasteiger partial charge in [-0.3, -0.25) is 14.3 Å². The monoisotopic (exact) mass is 399 g/mol. The maximum atomic E-state index is 13.1. The van der Waals surface area contributed by atoms with Crippen LogP contribution in [0, 0.1) is 5.82 Å². The van der Waals surface area contributed by atoms with E-state index in [-0.39, 0.29) is 17.6 Å². The van der Waals surface area contributed by atoms with Crippen LogP contribution in [0.2, 0.25) is 0 Å². The van der Waals surface area contributed by atoms with Gasteiger partial charge >= 0.3 is 0 Å². The largest absolute Gasteiger partial charge is 0.335 e. The average Bonchev–Trinajstić information content (AvgIpc) is 3.12. The lowest BCUT2D eigenvalue weighted by atomic mass is 10.2. The van der Waals surface area contributed by atoms with Crippen LogP contribution >= 0.6 is 0 Å². The third kappa shape index (κ3) is 4.17. The molecule has 0 spiro atoms. The number of fused-ring (bicyclic) bond motifs is 1. The molecule has 1 saturated heterocycles. The van der Waals surface area contributed by atoms with Gasteiger partial charge in [-0.15, -0.1) is 0 Å². The fourth-order valence-electron chi connectivity index (χ4n) is 3.93. The molecule has 29 heavy (non-hydrogen) atoms. The van der Waals surface area contributed by atoms with Crippen molar-refractivity contribution in [1.82, 2.24) is 24.5 Å². The smallest absolute Gasteiger partial charge is 0.274 e. The Kier molecular flexibility index (Phi) is 5.62. The first-order valence-corrected chi connectivity index (χ1v) is 10.2. The van der Waals surface area contributed by atoms with Gasteiger partial charge in [0.1, 0.15) is 11.5 Å². The van der Waals surface area contributed by atoms with Crippen LogP contribution in [0.3, 0.4) is 0 Å². The molecule has 0 atom stereocenters. The van der Waals surface area contributed by atoms with Gasteiger partial charge in [0.15, 0.2) is 5.69 Å². The number of aromatic nitrogens is 2. The van der Waals surface area contributed by atoms with Crippen LogP contribution in [0.15, 0.2) is 30.3 Å². The van der Waals surface area contributed by atoms with E-state index in [9.17, 15) is 14.0 Å². The van der Waals surface area contributed by atoms with E-state index in [0.29, 0.717) is 44.1 Å². The topological polar surface area (TPSA) is 61.7 Å². The molecule has 1 aromatic heterocycles. The predicted molar refractivity (Wildman–Crippen MR) is 106 cm³/mol. The molecule has 4 rings (SSSR count). The minimum Gasteiger partial charge on any atom is -0.335 e. The number of benzene rings is 1. The van der Waals surface area contributed by atoms with Crippen LogP contribution in [-0.4, -0.2) is 75.6 Å². The molecule has 0 unspecified atom stereocenters. The molecular weight excluding hydrogens is 373 g/mol. The molecule has 2 aromatic rings. The first kappa shape index (κ1) is 19.6. The summed E-state index contributed by atoms with van der Waals surface area (Å²) in [5, 5.41) is 4.44. The van der Waals surface area contributed by atoms with E-state index in [2.05, 4.69) is 16.9 Å². The van der Waals surface area contributed by atoms with Crippen LogP contribution in [0.25, 0.3) is 0 Å². The Balaban J connectivity index is 1.49. The summed E-state index contributed by atoms with van der Waals surface area (Å²) >= 11 is 0. The van der Waals surface area contributed by atoms with Crippen molar-refractivity contribution in [3.8, 4) is 0 Å². The molecule has 2 amide bonds. The molecule has 0 N–H and O–H groups in total. The van der Waals surface area contributed by atoms with E-state index in [1.165, 1.54) is 12.1 Å². The van der Waals surface area contributed by atoms with Gasteiger partial charge in [0.2, 0.25) is 0 Å². The highest BCUT2D eigenvalue weighted by Crippen LogP contribution is 2.18. The Hall–Kier alpha value is -2.74. The minimum atomic E-state index is -0.294. The summed E-state index contributed by atoms with van der Waals surface area (Å²) in [5.74, 6) is -0.551. The van der Waals surface area contributed by atoms with Crippen LogP contribution in [-0.2, 0) is 13.1 Å². The first-order chi connectivity index (χ1) is 14.0. The standard InChI is InChI=1S/C21H26FN5O2/c1-2-24-10-12-25(13-11-24)20(28)18-14-19-21(29)26(8-3-9-27(19)23-18)15-16-4-6-17(22)7-5-16/h4-7,14H,2-3,8-13,15H2,1H3. The molecule has 0 aliphatic carbocycles. The lowest BCUT2D eigenvalue weighted by Crippen LogP contribution is -2.48. The van der Waals surface area contributed by atoms with E-state index >= 15 is 0 Å². The zero-order valence-corrected chi connectivity index (χ0v) is 16.7. The van der Waals surface area contributed by atoms with Gasteiger partial charge in [0, 0.05) is 51.9 Å². The second kappa shape index (κ2) is 8.32. The second-order valence-electron chi connectivity index (χ2n) is 7.57. The molecule has 8 heteroatoms. The Bertz CT molecular complexity index is 887. The molecule has 2 aliphatic heterocycles. The van der Waals surface area contributed by atoms with E-state index in [0.717, 1.165) is 31.6 Å². The average molecular weight is 399 g/mol. The number of hydrogen-bond donors (Lipinski definition) is 0. The van der Waals surface area contributed by atoms with Gasteiger partial charge in [0.25, 0.3) is 11.8 Å². The molecule has 0 saturated carbocycles. The normalized spacial score (nSPS) is 17.9. The van der Waals surface area contributed by atoms with Crippen LogP contribution in [0.5, 0.6) is 0 Å². The van der Waals surface area contributed by atoms with E-state index in [4.69, 9.17) is 0 Å². The molecule has 3 heterocycles. The van der Waals surface area contributed by atoms with Crippen LogP contribution in [0.4, 0.5) is 4.39 Å².